The quantitative estimate of drug-likeness (QED) is 0.284. The Labute approximate surface area is 240 Å². The molecule has 1 saturated heterocycles. The van der Waals surface area contributed by atoms with E-state index in [1.807, 2.05) is 12.1 Å². The van der Waals surface area contributed by atoms with Crippen LogP contribution >= 0.6 is 0 Å². The van der Waals surface area contributed by atoms with Gasteiger partial charge in [0.05, 0.1) is 16.2 Å². The van der Waals surface area contributed by atoms with Crippen LogP contribution in [0.5, 0.6) is 0 Å². The standard InChI is InChI=1S/C32H37F3N2O3S/c1-4-31(5-2)20-19-26(24-9-13-27(14-10-24)32(33,34)35)22-37(31)28-15-11-25(12-16-28)30(38)36-21-23-7-17-29(18-8-23)41(39,40)6-3/h7-18,26H,4-6,19-22H2,1-3H3,(H,36,38). The number of halogens is 3. The fraction of sp³-hybridized carbons (Fsp3) is 0.406. The lowest BCUT2D eigenvalue weighted by Crippen LogP contribution is -2.53. The summed E-state index contributed by atoms with van der Waals surface area (Å²) in [6.45, 7) is 6.88. The van der Waals surface area contributed by atoms with Crippen LogP contribution in [0.2, 0.25) is 0 Å². The second-order valence-corrected chi connectivity index (χ2v) is 13.0. The van der Waals surface area contributed by atoms with Gasteiger partial charge in [0, 0.05) is 35.8 Å². The summed E-state index contributed by atoms with van der Waals surface area (Å²) in [5, 5.41) is 2.89. The van der Waals surface area contributed by atoms with Crippen molar-refractivity contribution < 1.29 is 26.4 Å². The third-order valence-corrected chi connectivity index (χ3v) is 10.3. The fourth-order valence-electron chi connectivity index (χ4n) is 5.72. The monoisotopic (exact) mass is 586 g/mol. The number of amides is 1. The molecule has 1 N–H and O–H groups in total. The minimum Gasteiger partial charge on any atom is -0.365 e. The van der Waals surface area contributed by atoms with Crippen molar-refractivity contribution in [3.05, 3.63) is 95.1 Å². The molecule has 0 spiro atoms. The second kappa shape index (κ2) is 12.3. The normalized spacial score (nSPS) is 17.3. The topological polar surface area (TPSA) is 66.5 Å². The van der Waals surface area contributed by atoms with Crippen molar-refractivity contribution in [1.29, 1.82) is 0 Å². The van der Waals surface area contributed by atoms with E-state index >= 15 is 0 Å². The van der Waals surface area contributed by atoms with E-state index in [9.17, 15) is 26.4 Å². The molecule has 220 valence electrons. The molecule has 41 heavy (non-hydrogen) atoms. The molecule has 1 amide bonds. The lowest BCUT2D eigenvalue weighted by molar-refractivity contribution is -0.137. The maximum Gasteiger partial charge on any atom is 0.416 e. The highest BCUT2D eigenvalue weighted by Crippen LogP contribution is 2.43. The third kappa shape index (κ3) is 6.77. The average Bonchev–Trinajstić information content (AvgIpc) is 2.99. The number of nitrogens with one attached hydrogen (secondary N) is 1. The second-order valence-electron chi connectivity index (χ2n) is 10.7. The molecule has 5 nitrogen and oxygen atoms in total. The fourth-order valence-corrected chi connectivity index (χ4v) is 6.61. The van der Waals surface area contributed by atoms with Crippen LogP contribution in [0.15, 0.2) is 77.7 Å². The van der Waals surface area contributed by atoms with Crippen molar-refractivity contribution in [2.24, 2.45) is 0 Å². The number of anilines is 1. The number of rotatable bonds is 9. The van der Waals surface area contributed by atoms with Crippen molar-refractivity contribution in [2.75, 3.05) is 17.2 Å². The average molecular weight is 587 g/mol. The molecule has 4 rings (SSSR count). The highest BCUT2D eigenvalue weighted by Gasteiger charge is 2.40. The molecule has 1 fully saturated rings. The van der Waals surface area contributed by atoms with E-state index in [0.29, 0.717) is 12.1 Å². The molecular weight excluding hydrogens is 549 g/mol. The van der Waals surface area contributed by atoms with E-state index < -0.39 is 21.6 Å². The highest BCUT2D eigenvalue weighted by molar-refractivity contribution is 7.91. The zero-order chi connectivity index (χ0) is 29.8. The van der Waals surface area contributed by atoms with E-state index in [1.54, 1.807) is 55.5 Å². The van der Waals surface area contributed by atoms with Crippen LogP contribution in [-0.4, -0.2) is 32.2 Å². The molecule has 1 unspecified atom stereocenters. The maximum absolute atomic E-state index is 13.1. The number of carbonyl (C=O) groups excluding carboxylic acids is 1. The predicted octanol–water partition coefficient (Wildman–Crippen LogP) is 7.37. The van der Waals surface area contributed by atoms with Crippen LogP contribution in [0.25, 0.3) is 0 Å². The van der Waals surface area contributed by atoms with Crippen molar-refractivity contribution in [3.63, 3.8) is 0 Å². The Morgan fingerprint density at radius 1 is 0.927 bits per heavy atom. The van der Waals surface area contributed by atoms with Crippen LogP contribution in [0.3, 0.4) is 0 Å². The number of alkyl halides is 3. The van der Waals surface area contributed by atoms with Gasteiger partial charge in [-0.1, -0.05) is 45.0 Å². The van der Waals surface area contributed by atoms with Gasteiger partial charge in [0.15, 0.2) is 9.84 Å². The Morgan fingerprint density at radius 2 is 1.54 bits per heavy atom. The van der Waals surface area contributed by atoms with Crippen LogP contribution < -0.4 is 10.2 Å². The number of benzene rings is 3. The van der Waals surface area contributed by atoms with Gasteiger partial charge in [-0.25, -0.2) is 8.42 Å². The van der Waals surface area contributed by atoms with E-state index in [4.69, 9.17) is 0 Å². The molecule has 3 aromatic carbocycles. The molecule has 0 saturated carbocycles. The van der Waals surface area contributed by atoms with Gasteiger partial charge in [0.1, 0.15) is 0 Å². The van der Waals surface area contributed by atoms with Crippen LogP contribution in [0, 0.1) is 0 Å². The summed E-state index contributed by atoms with van der Waals surface area (Å²) in [5.74, 6) is -0.102. The molecule has 0 radical (unpaired) electrons. The van der Waals surface area contributed by atoms with Crippen molar-refractivity contribution in [1.82, 2.24) is 5.32 Å². The molecule has 1 aliphatic heterocycles. The Bertz CT molecular complexity index is 1430. The van der Waals surface area contributed by atoms with Crippen LogP contribution in [-0.2, 0) is 22.6 Å². The van der Waals surface area contributed by atoms with Gasteiger partial charge >= 0.3 is 6.18 Å². The molecule has 1 heterocycles. The number of nitrogens with zero attached hydrogens (tertiary/aromatic N) is 1. The first-order valence-corrected chi connectivity index (χ1v) is 15.7. The molecular formula is C32H37F3N2O3S. The first-order chi connectivity index (χ1) is 19.4. The summed E-state index contributed by atoms with van der Waals surface area (Å²) in [6, 6.07) is 19.5. The molecule has 9 heteroatoms. The summed E-state index contributed by atoms with van der Waals surface area (Å²) < 4.78 is 63.2. The van der Waals surface area contributed by atoms with Crippen LogP contribution in [0.1, 0.15) is 79.4 Å². The zero-order valence-corrected chi connectivity index (χ0v) is 24.5. The van der Waals surface area contributed by atoms with Gasteiger partial charge in [-0.3, -0.25) is 4.79 Å². The Hall–Kier alpha value is -3.33. The molecule has 0 bridgehead atoms. The lowest BCUT2D eigenvalue weighted by Gasteiger charge is -2.51. The van der Waals surface area contributed by atoms with Crippen molar-refractivity contribution in [3.8, 4) is 0 Å². The number of hydrogen-bond acceptors (Lipinski definition) is 4. The number of piperidine rings is 1. The van der Waals surface area contributed by atoms with Crippen LogP contribution in [0.4, 0.5) is 18.9 Å². The molecule has 1 atom stereocenters. The molecule has 3 aromatic rings. The minimum absolute atomic E-state index is 0.0316. The summed E-state index contributed by atoms with van der Waals surface area (Å²) in [5.41, 5.74) is 2.48. The Kier molecular flexibility index (Phi) is 9.16. The predicted molar refractivity (Wildman–Crippen MR) is 156 cm³/mol. The summed E-state index contributed by atoms with van der Waals surface area (Å²) >= 11 is 0. The molecule has 1 aliphatic rings. The zero-order valence-electron chi connectivity index (χ0n) is 23.7. The largest absolute Gasteiger partial charge is 0.416 e. The first-order valence-electron chi connectivity index (χ1n) is 14.1. The van der Waals surface area contributed by atoms with Gasteiger partial charge in [-0.2, -0.15) is 13.2 Å². The number of sulfone groups is 1. The minimum atomic E-state index is -4.35. The van der Waals surface area contributed by atoms with Gasteiger partial charge in [-0.15, -0.1) is 0 Å². The summed E-state index contributed by atoms with van der Waals surface area (Å²) in [6.07, 6.45) is -0.664. The van der Waals surface area contributed by atoms with Gasteiger partial charge in [-0.05, 0) is 85.3 Å². The van der Waals surface area contributed by atoms with Gasteiger partial charge in [0.25, 0.3) is 5.91 Å². The van der Waals surface area contributed by atoms with Gasteiger partial charge < -0.3 is 10.2 Å². The lowest BCUT2D eigenvalue weighted by atomic mass is 9.76. The third-order valence-electron chi connectivity index (χ3n) is 8.52. The number of hydrogen-bond donors (Lipinski definition) is 1. The maximum atomic E-state index is 13.1. The Morgan fingerprint density at radius 3 is 2.07 bits per heavy atom. The number of carbonyl (C=O) groups is 1. The van der Waals surface area contributed by atoms with Crippen molar-refractivity contribution in [2.45, 2.75) is 75.5 Å². The van der Waals surface area contributed by atoms with E-state index in [-0.39, 0.29) is 34.6 Å². The molecule has 0 aliphatic carbocycles. The van der Waals surface area contributed by atoms with E-state index in [1.165, 1.54) is 0 Å². The Balaban J connectivity index is 1.46. The summed E-state index contributed by atoms with van der Waals surface area (Å²) in [7, 11) is -3.27. The van der Waals surface area contributed by atoms with Crippen molar-refractivity contribution >= 4 is 21.4 Å². The first kappa shape index (κ1) is 30.6. The SMILES string of the molecule is CCC1(CC)CCC(c2ccc(C(F)(F)F)cc2)CN1c1ccc(C(=O)NCc2ccc(S(=O)(=O)CC)cc2)cc1. The highest BCUT2D eigenvalue weighted by atomic mass is 32.2. The molecule has 0 aromatic heterocycles. The van der Waals surface area contributed by atoms with E-state index in [0.717, 1.165) is 54.6 Å². The smallest absolute Gasteiger partial charge is 0.365 e. The van der Waals surface area contributed by atoms with E-state index in [2.05, 4.69) is 24.1 Å². The van der Waals surface area contributed by atoms with Gasteiger partial charge in [0.2, 0.25) is 0 Å². The summed E-state index contributed by atoms with van der Waals surface area (Å²) in [4.78, 5) is 15.5.